The van der Waals surface area contributed by atoms with Crippen molar-refractivity contribution in [1.29, 1.82) is 0 Å². The Hall–Kier alpha value is -7.42. The lowest BCUT2D eigenvalue weighted by Crippen LogP contribution is -2.10. The van der Waals surface area contributed by atoms with Gasteiger partial charge in [0, 0.05) is 33.4 Å². The first-order valence-corrected chi connectivity index (χ1v) is 19.3. The number of nitrogens with zero attached hydrogens (tertiary/aromatic N) is 2. The van der Waals surface area contributed by atoms with Crippen LogP contribution in [0, 0.1) is 0 Å². The number of hydrogen-bond acceptors (Lipinski definition) is 1. The first-order chi connectivity index (χ1) is 27.8. The Morgan fingerprint density at radius 2 is 0.964 bits per heavy atom. The predicted octanol–water partition coefficient (Wildman–Crippen LogP) is 15.0. The highest BCUT2D eigenvalue weighted by atomic mass is 15.1. The third kappa shape index (κ3) is 4.57. The van der Waals surface area contributed by atoms with Crippen molar-refractivity contribution in [3.8, 4) is 39.1 Å². The summed E-state index contributed by atoms with van der Waals surface area (Å²) in [5.41, 5.74) is 14.5. The van der Waals surface area contributed by atoms with Crippen molar-refractivity contribution < 1.29 is 0 Å². The molecule has 11 aromatic rings. The van der Waals surface area contributed by atoms with Gasteiger partial charge >= 0.3 is 0 Å². The molecule has 0 atom stereocenters. The van der Waals surface area contributed by atoms with Gasteiger partial charge in [0.25, 0.3) is 0 Å². The van der Waals surface area contributed by atoms with E-state index >= 15 is 0 Å². The Balaban J connectivity index is 1.09. The summed E-state index contributed by atoms with van der Waals surface area (Å²) in [5.74, 6) is 0. The number of rotatable bonds is 5. The van der Waals surface area contributed by atoms with E-state index in [0.717, 1.165) is 17.1 Å². The summed E-state index contributed by atoms with van der Waals surface area (Å²) in [7, 11) is 0. The quantitative estimate of drug-likeness (QED) is 0.161. The summed E-state index contributed by atoms with van der Waals surface area (Å²) < 4.78 is 2.44. The van der Waals surface area contributed by atoms with Crippen LogP contribution in [0.4, 0.5) is 17.1 Å². The molecule has 0 bridgehead atoms. The monoisotopic (exact) mass is 710 g/mol. The molecule has 0 saturated heterocycles. The predicted molar refractivity (Wildman–Crippen MR) is 238 cm³/mol. The van der Waals surface area contributed by atoms with Gasteiger partial charge in [0.15, 0.2) is 0 Å². The van der Waals surface area contributed by atoms with E-state index in [-0.39, 0.29) is 0 Å². The number of para-hydroxylation sites is 2. The first-order valence-electron chi connectivity index (χ1n) is 19.3. The Morgan fingerprint density at radius 3 is 1.88 bits per heavy atom. The molecule has 0 saturated carbocycles. The molecule has 0 radical (unpaired) electrons. The second-order valence-corrected chi connectivity index (χ2v) is 14.9. The fraction of sp³-hybridized carbons (Fsp3) is 0. The van der Waals surface area contributed by atoms with Gasteiger partial charge in [-0.1, -0.05) is 146 Å². The minimum absolute atomic E-state index is 1.12. The molecule has 2 nitrogen and oxygen atoms in total. The Morgan fingerprint density at radius 1 is 0.321 bits per heavy atom. The van der Waals surface area contributed by atoms with E-state index in [1.807, 2.05) is 0 Å². The Kier molecular flexibility index (Phi) is 6.66. The molecule has 0 N–H and O–H groups in total. The molecule has 1 aliphatic carbocycles. The summed E-state index contributed by atoms with van der Waals surface area (Å²) in [6, 6.07) is 75.8. The molecule has 12 rings (SSSR count). The van der Waals surface area contributed by atoms with Gasteiger partial charge in [-0.25, -0.2) is 0 Å². The molecule has 0 amide bonds. The maximum Gasteiger partial charge on any atom is 0.0542 e. The second-order valence-electron chi connectivity index (χ2n) is 14.9. The van der Waals surface area contributed by atoms with Gasteiger partial charge in [-0.05, 0) is 121 Å². The molecule has 2 heteroatoms. The lowest BCUT2D eigenvalue weighted by molar-refractivity contribution is 1.18. The molecule has 1 aliphatic rings. The molecular formula is C54H34N2. The van der Waals surface area contributed by atoms with Crippen molar-refractivity contribution in [3.05, 3.63) is 206 Å². The van der Waals surface area contributed by atoms with Crippen molar-refractivity contribution in [3.63, 3.8) is 0 Å². The SMILES string of the molecule is c1ccc(-c2ccccc2-n2c3ccccc3c3cc(N(c4ccc5c(c4)-c4cccc6cc7ccccc7c-5c46)c4ccc5ccccc5c4)ccc32)cc1. The van der Waals surface area contributed by atoms with Crippen LogP contribution in [0.15, 0.2) is 206 Å². The van der Waals surface area contributed by atoms with Crippen molar-refractivity contribution >= 4 is 71.2 Å². The number of aromatic nitrogens is 1. The summed E-state index contributed by atoms with van der Waals surface area (Å²) in [5, 5.41) is 10.1. The zero-order valence-electron chi connectivity index (χ0n) is 30.5. The molecule has 0 fully saturated rings. The average Bonchev–Trinajstić information content (AvgIpc) is 3.77. The standard InChI is InChI=1S/C54H34N2/c1-2-14-36(15-3-1)43-19-8-10-23-50(43)56-51-24-11-9-21-45(51)49-34-42(28-30-52(49)56)55(40-26-25-35-13-4-5-16-37(35)32-40)41-27-29-47-48(33-41)46-22-12-18-39-31-38-17-6-7-20-44(38)54(47)53(39)46/h1-34H. The topological polar surface area (TPSA) is 8.17 Å². The lowest BCUT2D eigenvalue weighted by Gasteiger charge is -2.27. The molecule has 0 aliphatic heterocycles. The van der Waals surface area contributed by atoms with Gasteiger partial charge in [-0.2, -0.15) is 0 Å². The molecule has 1 aromatic heterocycles. The highest BCUT2D eigenvalue weighted by Crippen LogP contribution is 2.52. The molecule has 0 unspecified atom stereocenters. The van der Waals surface area contributed by atoms with Crippen LogP contribution in [0.1, 0.15) is 0 Å². The van der Waals surface area contributed by atoms with Gasteiger partial charge in [-0.15, -0.1) is 0 Å². The third-order valence-corrected chi connectivity index (χ3v) is 11.8. The van der Waals surface area contributed by atoms with E-state index < -0.39 is 0 Å². The van der Waals surface area contributed by atoms with Crippen LogP contribution in [0.3, 0.4) is 0 Å². The Labute approximate surface area is 324 Å². The summed E-state index contributed by atoms with van der Waals surface area (Å²) in [6.45, 7) is 0. The fourth-order valence-electron chi connectivity index (χ4n) is 9.39. The van der Waals surface area contributed by atoms with E-state index in [1.54, 1.807) is 0 Å². The van der Waals surface area contributed by atoms with E-state index in [0.29, 0.717) is 0 Å². The highest BCUT2D eigenvalue weighted by molar-refractivity contribution is 6.24. The van der Waals surface area contributed by atoms with Crippen LogP contribution < -0.4 is 4.90 Å². The smallest absolute Gasteiger partial charge is 0.0542 e. The number of benzene rings is 10. The van der Waals surface area contributed by atoms with Crippen LogP contribution >= 0.6 is 0 Å². The molecule has 1 heterocycles. The van der Waals surface area contributed by atoms with Gasteiger partial charge in [0.1, 0.15) is 0 Å². The fourth-order valence-corrected chi connectivity index (χ4v) is 9.39. The van der Waals surface area contributed by atoms with E-state index in [1.165, 1.54) is 93.2 Å². The van der Waals surface area contributed by atoms with Crippen molar-refractivity contribution in [2.75, 3.05) is 4.90 Å². The second kappa shape index (κ2) is 12.0. The number of fused-ring (bicyclic) bond motifs is 9. The van der Waals surface area contributed by atoms with Gasteiger partial charge < -0.3 is 9.47 Å². The van der Waals surface area contributed by atoms with Gasteiger partial charge in [0.05, 0.1) is 16.7 Å². The molecule has 56 heavy (non-hydrogen) atoms. The zero-order chi connectivity index (χ0) is 36.7. The van der Waals surface area contributed by atoms with E-state index in [4.69, 9.17) is 0 Å². The molecule has 260 valence electrons. The average molecular weight is 711 g/mol. The lowest BCUT2D eigenvalue weighted by atomic mass is 9.96. The summed E-state index contributed by atoms with van der Waals surface area (Å²) >= 11 is 0. The van der Waals surface area contributed by atoms with Crippen LogP contribution in [-0.2, 0) is 0 Å². The number of hydrogen-bond donors (Lipinski definition) is 0. The normalized spacial score (nSPS) is 11.9. The Bertz CT molecular complexity index is 3370. The van der Waals surface area contributed by atoms with Crippen molar-refractivity contribution in [1.82, 2.24) is 4.57 Å². The van der Waals surface area contributed by atoms with Crippen LogP contribution in [0.25, 0.3) is 93.2 Å². The summed E-state index contributed by atoms with van der Waals surface area (Å²) in [4.78, 5) is 2.44. The van der Waals surface area contributed by atoms with Crippen molar-refractivity contribution in [2.45, 2.75) is 0 Å². The van der Waals surface area contributed by atoms with Gasteiger partial charge in [-0.3, -0.25) is 0 Å². The van der Waals surface area contributed by atoms with Crippen LogP contribution in [0.2, 0.25) is 0 Å². The number of anilines is 3. The van der Waals surface area contributed by atoms with Gasteiger partial charge in [0.2, 0.25) is 0 Å². The highest BCUT2D eigenvalue weighted by Gasteiger charge is 2.26. The molecule has 10 aromatic carbocycles. The summed E-state index contributed by atoms with van der Waals surface area (Å²) in [6.07, 6.45) is 0. The van der Waals surface area contributed by atoms with Crippen LogP contribution in [0.5, 0.6) is 0 Å². The first kappa shape index (κ1) is 31.0. The largest absolute Gasteiger partial charge is 0.310 e. The van der Waals surface area contributed by atoms with E-state index in [9.17, 15) is 0 Å². The third-order valence-electron chi connectivity index (χ3n) is 11.8. The zero-order valence-corrected chi connectivity index (χ0v) is 30.5. The minimum atomic E-state index is 1.12. The molecular weight excluding hydrogens is 677 g/mol. The van der Waals surface area contributed by atoms with E-state index in [2.05, 4.69) is 216 Å². The molecule has 0 spiro atoms. The maximum absolute atomic E-state index is 2.44. The minimum Gasteiger partial charge on any atom is -0.310 e. The van der Waals surface area contributed by atoms with Crippen molar-refractivity contribution in [2.24, 2.45) is 0 Å². The maximum atomic E-state index is 2.44. The van der Waals surface area contributed by atoms with Crippen LogP contribution in [-0.4, -0.2) is 4.57 Å².